The number of thioether (sulfide) groups is 1. The Balaban J connectivity index is 2.97. The smallest absolute Gasteiger partial charge is 0.183 e. The van der Waals surface area contributed by atoms with Gasteiger partial charge in [-0.1, -0.05) is 23.4 Å². The normalized spacial score (nSPS) is 10.9. The van der Waals surface area contributed by atoms with Crippen LogP contribution in [0.4, 0.5) is 5.69 Å². The van der Waals surface area contributed by atoms with E-state index in [-0.39, 0.29) is 0 Å². The fraction of sp³-hybridized carbons (Fsp3) is 0.111. The highest BCUT2D eigenvalue weighted by Crippen LogP contribution is 2.27. The molecule has 0 heterocycles. The molecule has 1 aromatic carbocycles. The molecule has 0 amide bonds. The maximum Gasteiger partial charge on any atom is 0.183 e. The zero-order valence-corrected chi connectivity index (χ0v) is 10.9. The number of hydrogen-bond donors (Lipinski definition) is 1. The van der Waals surface area contributed by atoms with Crippen LogP contribution in [0.25, 0.3) is 0 Å². The Labute approximate surface area is 106 Å². The standard InChI is InChI=1S/C9H7BrClN3S/c1-15-9(13-5-12)14-6-2-3-8(11)7(10)4-6/h2-4H,1H3,(H,13,14). The van der Waals surface area contributed by atoms with Crippen LogP contribution in [0.5, 0.6) is 0 Å². The van der Waals surface area contributed by atoms with Gasteiger partial charge in [0.2, 0.25) is 0 Å². The van der Waals surface area contributed by atoms with E-state index in [1.54, 1.807) is 18.2 Å². The molecule has 0 atom stereocenters. The Hall–Kier alpha value is -0.700. The van der Waals surface area contributed by atoms with Gasteiger partial charge < -0.3 is 0 Å². The zero-order chi connectivity index (χ0) is 11.3. The Morgan fingerprint density at radius 2 is 2.40 bits per heavy atom. The first-order valence-electron chi connectivity index (χ1n) is 3.90. The highest BCUT2D eigenvalue weighted by atomic mass is 79.9. The number of nitriles is 1. The molecule has 15 heavy (non-hydrogen) atoms. The third-order valence-corrected chi connectivity index (χ3v) is 3.28. The third-order valence-electron chi connectivity index (χ3n) is 1.49. The number of benzene rings is 1. The van der Waals surface area contributed by atoms with Gasteiger partial charge in [-0.15, -0.1) is 0 Å². The van der Waals surface area contributed by atoms with Crippen LogP contribution in [0.2, 0.25) is 5.02 Å². The van der Waals surface area contributed by atoms with Gasteiger partial charge in [-0.25, -0.2) is 4.99 Å². The van der Waals surface area contributed by atoms with Crippen molar-refractivity contribution in [2.24, 2.45) is 4.99 Å². The van der Waals surface area contributed by atoms with Crippen LogP contribution in [-0.2, 0) is 0 Å². The molecule has 0 spiro atoms. The summed E-state index contributed by atoms with van der Waals surface area (Å²) in [6.07, 6.45) is 3.67. The number of nitrogens with one attached hydrogen (secondary N) is 1. The first-order chi connectivity index (χ1) is 7.17. The van der Waals surface area contributed by atoms with Crippen LogP contribution in [0.3, 0.4) is 0 Å². The first kappa shape index (κ1) is 12.4. The fourth-order valence-electron chi connectivity index (χ4n) is 0.844. The Morgan fingerprint density at radius 3 is 2.93 bits per heavy atom. The van der Waals surface area contributed by atoms with Crippen LogP contribution in [0.15, 0.2) is 27.7 Å². The van der Waals surface area contributed by atoms with Gasteiger partial charge in [-0.3, -0.25) is 5.32 Å². The summed E-state index contributed by atoms with van der Waals surface area (Å²) in [6, 6.07) is 5.31. The minimum absolute atomic E-state index is 0.548. The largest absolute Gasteiger partial charge is 0.271 e. The van der Waals surface area contributed by atoms with Crippen LogP contribution >= 0.6 is 39.3 Å². The molecule has 1 N–H and O–H groups in total. The lowest BCUT2D eigenvalue weighted by Crippen LogP contribution is -2.12. The van der Waals surface area contributed by atoms with Crippen molar-refractivity contribution in [1.29, 1.82) is 5.26 Å². The molecule has 0 saturated heterocycles. The lowest BCUT2D eigenvalue weighted by molar-refractivity contribution is 1.28. The van der Waals surface area contributed by atoms with Gasteiger partial charge in [0.15, 0.2) is 11.4 Å². The fourth-order valence-corrected chi connectivity index (χ4v) is 1.67. The summed E-state index contributed by atoms with van der Waals surface area (Å²) < 4.78 is 0.780. The van der Waals surface area contributed by atoms with E-state index >= 15 is 0 Å². The second kappa shape index (κ2) is 6.01. The molecule has 6 heteroatoms. The minimum atomic E-state index is 0.548. The number of hydrogen-bond acceptors (Lipinski definition) is 3. The molecule has 0 aliphatic rings. The van der Waals surface area contributed by atoms with Gasteiger partial charge >= 0.3 is 0 Å². The SMILES string of the molecule is CSC(=Nc1ccc(Cl)c(Br)c1)NC#N. The summed E-state index contributed by atoms with van der Waals surface area (Å²) in [7, 11) is 0. The van der Waals surface area contributed by atoms with E-state index in [1.165, 1.54) is 11.8 Å². The van der Waals surface area contributed by atoms with E-state index < -0.39 is 0 Å². The molecular formula is C9H7BrClN3S. The molecule has 0 aromatic heterocycles. The quantitative estimate of drug-likeness (QED) is 0.374. The molecule has 1 rings (SSSR count). The number of aliphatic imine (C=N–C) groups is 1. The Bertz CT molecular complexity index is 428. The molecule has 0 radical (unpaired) electrons. The summed E-state index contributed by atoms with van der Waals surface area (Å²) in [5, 5.41) is 12.1. The highest BCUT2D eigenvalue weighted by Gasteiger charge is 2.00. The van der Waals surface area contributed by atoms with Crippen LogP contribution in [-0.4, -0.2) is 11.4 Å². The van der Waals surface area contributed by atoms with Gasteiger partial charge in [-0.05, 0) is 40.4 Å². The van der Waals surface area contributed by atoms with Crippen molar-refractivity contribution in [3.63, 3.8) is 0 Å². The molecule has 0 fully saturated rings. The molecular weight excluding hydrogens is 298 g/mol. The van der Waals surface area contributed by atoms with Crippen LogP contribution in [0.1, 0.15) is 0 Å². The lowest BCUT2D eigenvalue weighted by Gasteiger charge is -2.01. The molecule has 1 aromatic rings. The lowest BCUT2D eigenvalue weighted by atomic mass is 10.3. The van der Waals surface area contributed by atoms with E-state index in [0.717, 1.165) is 10.2 Å². The number of halogens is 2. The van der Waals surface area contributed by atoms with Gasteiger partial charge in [0.25, 0.3) is 0 Å². The van der Waals surface area contributed by atoms with Crippen LogP contribution in [0, 0.1) is 11.5 Å². The summed E-state index contributed by atoms with van der Waals surface area (Å²) in [5.41, 5.74) is 0.735. The van der Waals surface area contributed by atoms with Gasteiger partial charge in [0.05, 0.1) is 10.7 Å². The van der Waals surface area contributed by atoms with Crippen molar-refractivity contribution in [3.8, 4) is 6.19 Å². The van der Waals surface area contributed by atoms with E-state index in [9.17, 15) is 0 Å². The van der Waals surface area contributed by atoms with Crippen molar-refractivity contribution < 1.29 is 0 Å². The van der Waals surface area contributed by atoms with E-state index in [1.807, 2.05) is 12.4 Å². The predicted molar refractivity (Wildman–Crippen MR) is 68.5 cm³/mol. The number of rotatable bonds is 1. The van der Waals surface area contributed by atoms with Crippen molar-refractivity contribution in [2.75, 3.05) is 6.26 Å². The van der Waals surface area contributed by atoms with Crippen molar-refractivity contribution in [2.45, 2.75) is 0 Å². The first-order valence-corrected chi connectivity index (χ1v) is 6.29. The highest BCUT2D eigenvalue weighted by molar-refractivity contribution is 9.10. The topological polar surface area (TPSA) is 48.2 Å². The summed E-state index contributed by atoms with van der Waals surface area (Å²) in [6.45, 7) is 0. The van der Waals surface area contributed by atoms with Crippen molar-refractivity contribution in [3.05, 3.63) is 27.7 Å². The molecule has 3 nitrogen and oxygen atoms in total. The van der Waals surface area contributed by atoms with E-state index in [2.05, 4.69) is 26.2 Å². The summed E-state index contributed by atoms with van der Waals surface area (Å²) in [5.74, 6) is 0. The zero-order valence-electron chi connectivity index (χ0n) is 7.79. The van der Waals surface area contributed by atoms with Crippen LogP contribution < -0.4 is 5.32 Å². The summed E-state index contributed by atoms with van der Waals surface area (Å²) >= 11 is 10.5. The molecule has 0 saturated carbocycles. The molecule has 0 bridgehead atoms. The monoisotopic (exact) mass is 303 g/mol. The van der Waals surface area contributed by atoms with Gasteiger partial charge in [0, 0.05) is 4.47 Å². The predicted octanol–water partition coefficient (Wildman–Crippen LogP) is 3.52. The van der Waals surface area contributed by atoms with E-state index in [0.29, 0.717) is 10.2 Å². The Kier molecular flexibility index (Phi) is 4.95. The second-order valence-corrected chi connectivity index (χ2v) is 4.51. The van der Waals surface area contributed by atoms with E-state index in [4.69, 9.17) is 16.9 Å². The second-order valence-electron chi connectivity index (χ2n) is 2.46. The molecule has 0 aliphatic carbocycles. The summed E-state index contributed by atoms with van der Waals surface area (Å²) in [4.78, 5) is 4.23. The number of nitrogens with zero attached hydrogens (tertiary/aromatic N) is 2. The average molecular weight is 305 g/mol. The van der Waals surface area contributed by atoms with Crippen molar-refractivity contribution in [1.82, 2.24) is 5.32 Å². The minimum Gasteiger partial charge on any atom is -0.271 e. The van der Waals surface area contributed by atoms with Crippen molar-refractivity contribution >= 4 is 50.1 Å². The Morgan fingerprint density at radius 1 is 1.67 bits per heavy atom. The average Bonchev–Trinajstić information content (AvgIpc) is 2.23. The molecule has 0 aliphatic heterocycles. The maximum atomic E-state index is 8.46. The third kappa shape index (κ3) is 3.74. The molecule has 78 valence electrons. The number of amidine groups is 1. The molecule has 0 unspecified atom stereocenters. The van der Waals surface area contributed by atoms with Gasteiger partial charge in [-0.2, -0.15) is 5.26 Å². The maximum absolute atomic E-state index is 8.46. The van der Waals surface area contributed by atoms with Gasteiger partial charge in [0.1, 0.15) is 0 Å².